The Labute approximate surface area is 147 Å². The molecular weight excluding hydrogens is 375 g/mol. The summed E-state index contributed by atoms with van der Waals surface area (Å²) in [7, 11) is 1.51. The number of nitrogens with zero attached hydrogens (tertiary/aromatic N) is 2. The van der Waals surface area contributed by atoms with Gasteiger partial charge in [0.05, 0.1) is 18.4 Å². The monoisotopic (exact) mass is 390 g/mol. The molecule has 4 nitrogen and oxygen atoms in total. The van der Waals surface area contributed by atoms with Crippen LogP contribution < -0.4 is 4.74 Å². The lowest BCUT2D eigenvalue weighted by Gasteiger charge is -2.11. The second-order valence-corrected chi connectivity index (χ2v) is 6.36. The van der Waals surface area contributed by atoms with E-state index in [2.05, 4.69) is 21.0 Å². The van der Waals surface area contributed by atoms with Gasteiger partial charge in [-0.15, -0.1) is 0 Å². The molecule has 0 aliphatic carbocycles. The van der Waals surface area contributed by atoms with Crippen LogP contribution >= 0.6 is 15.9 Å². The van der Waals surface area contributed by atoms with Crippen molar-refractivity contribution in [2.24, 2.45) is 0 Å². The zero-order chi connectivity index (χ0) is 17.4. The van der Waals surface area contributed by atoms with E-state index in [9.17, 15) is 9.18 Å². The highest BCUT2D eigenvalue weighted by atomic mass is 79.9. The molecule has 0 N–H and O–H groups in total. The van der Waals surface area contributed by atoms with Crippen molar-refractivity contribution < 1.29 is 13.9 Å². The van der Waals surface area contributed by atoms with E-state index in [-0.39, 0.29) is 11.6 Å². The number of halogens is 2. The fourth-order valence-corrected chi connectivity index (χ4v) is 3.08. The Morgan fingerprint density at radius 1 is 1.33 bits per heavy atom. The molecule has 0 amide bonds. The zero-order valence-electron chi connectivity index (χ0n) is 13.6. The Morgan fingerprint density at radius 3 is 2.67 bits per heavy atom. The molecule has 0 fully saturated rings. The topological polar surface area (TPSA) is 43.6 Å². The first-order valence-electron chi connectivity index (χ1n) is 7.52. The van der Waals surface area contributed by atoms with Crippen molar-refractivity contribution in [3.05, 3.63) is 51.9 Å². The van der Waals surface area contributed by atoms with Gasteiger partial charge in [0.15, 0.2) is 11.5 Å². The molecule has 0 spiro atoms. The van der Waals surface area contributed by atoms with Crippen molar-refractivity contribution in [1.82, 2.24) is 9.61 Å². The predicted octanol–water partition coefficient (Wildman–Crippen LogP) is 4.68. The first kappa shape index (κ1) is 16.6. The number of aryl methyl sites for hydroxylation is 1. The van der Waals surface area contributed by atoms with Gasteiger partial charge in [0.25, 0.3) is 0 Å². The maximum absolute atomic E-state index is 14.3. The molecule has 6 heteroatoms. The Kier molecular flexibility index (Phi) is 4.41. The lowest BCUT2D eigenvalue weighted by Crippen LogP contribution is -2.05. The molecule has 0 bridgehead atoms. The molecule has 0 saturated heterocycles. The zero-order valence-corrected chi connectivity index (χ0v) is 15.1. The van der Waals surface area contributed by atoms with Gasteiger partial charge in [-0.25, -0.2) is 8.91 Å². The Balaban J connectivity index is 2.32. The van der Waals surface area contributed by atoms with Crippen LogP contribution in [0.15, 0.2) is 34.8 Å². The van der Waals surface area contributed by atoms with E-state index in [0.717, 1.165) is 5.69 Å². The number of carbonyl (C=O) groups excluding carboxylic acids is 1. The van der Waals surface area contributed by atoms with Gasteiger partial charge >= 0.3 is 0 Å². The quantitative estimate of drug-likeness (QED) is 0.607. The van der Waals surface area contributed by atoms with Crippen LogP contribution in [0.2, 0.25) is 0 Å². The van der Waals surface area contributed by atoms with Crippen LogP contribution in [0.1, 0.15) is 29.9 Å². The Bertz CT molecular complexity index is 950. The average molecular weight is 391 g/mol. The molecule has 124 valence electrons. The number of fused-ring (bicyclic) bond motifs is 1. The van der Waals surface area contributed by atoms with Crippen LogP contribution in [-0.4, -0.2) is 22.5 Å². The highest BCUT2D eigenvalue weighted by molar-refractivity contribution is 9.10. The number of ether oxygens (including phenoxy) is 1. The number of Topliss-reactive ketones (excluding diaryl/α,β-unsaturated/α-hetero) is 1. The summed E-state index contributed by atoms with van der Waals surface area (Å²) in [5.41, 5.74) is 2.91. The number of ketones is 1. The second kappa shape index (κ2) is 6.36. The Hall–Kier alpha value is -2.21. The molecule has 0 radical (unpaired) electrons. The van der Waals surface area contributed by atoms with Gasteiger partial charge in [0, 0.05) is 15.7 Å². The highest BCUT2D eigenvalue weighted by Crippen LogP contribution is 2.32. The van der Waals surface area contributed by atoms with Crippen LogP contribution in [0.4, 0.5) is 4.39 Å². The number of rotatable bonds is 4. The molecular formula is C18H16BrFN2O2. The summed E-state index contributed by atoms with van der Waals surface area (Å²) in [6, 6.07) is 8.37. The standard InChI is InChI=1S/C18H16BrFN2O2/c1-4-12-8-14(10(2)23)18(24-3)17-9-16(21-22(12)17)13-6-5-11(19)7-15(13)20/h5-9H,4H2,1-3H3. The minimum atomic E-state index is -0.364. The van der Waals surface area contributed by atoms with Gasteiger partial charge in [0.2, 0.25) is 0 Å². The Morgan fingerprint density at radius 2 is 2.08 bits per heavy atom. The summed E-state index contributed by atoms with van der Waals surface area (Å²) in [4.78, 5) is 11.9. The number of hydrogen-bond donors (Lipinski definition) is 0. The number of aromatic nitrogens is 2. The molecule has 3 aromatic rings. The van der Waals surface area contributed by atoms with Crippen LogP contribution in [-0.2, 0) is 6.42 Å². The third-order valence-corrected chi connectivity index (χ3v) is 4.42. The van der Waals surface area contributed by atoms with Crippen molar-refractivity contribution in [2.45, 2.75) is 20.3 Å². The van der Waals surface area contributed by atoms with Crippen LogP contribution in [0.5, 0.6) is 5.75 Å². The normalized spacial score (nSPS) is 11.0. The van der Waals surface area contributed by atoms with E-state index in [1.165, 1.54) is 20.1 Å². The van der Waals surface area contributed by atoms with Gasteiger partial charge in [-0.2, -0.15) is 5.10 Å². The van der Waals surface area contributed by atoms with Crippen molar-refractivity contribution in [1.29, 1.82) is 0 Å². The lowest BCUT2D eigenvalue weighted by molar-refractivity contribution is 0.101. The smallest absolute Gasteiger partial charge is 0.163 e. The molecule has 0 saturated carbocycles. The van der Waals surface area contributed by atoms with Crippen molar-refractivity contribution >= 4 is 27.2 Å². The number of benzene rings is 1. The summed E-state index contributed by atoms with van der Waals surface area (Å²) in [6.07, 6.45) is 0.685. The lowest BCUT2D eigenvalue weighted by atomic mass is 10.1. The van der Waals surface area contributed by atoms with Gasteiger partial charge < -0.3 is 4.74 Å². The summed E-state index contributed by atoms with van der Waals surface area (Å²) >= 11 is 3.25. The first-order chi connectivity index (χ1) is 11.5. The van der Waals surface area contributed by atoms with Crippen LogP contribution in [0.25, 0.3) is 16.8 Å². The van der Waals surface area contributed by atoms with Gasteiger partial charge in [-0.3, -0.25) is 4.79 Å². The van der Waals surface area contributed by atoms with E-state index in [1.54, 1.807) is 28.8 Å². The maximum Gasteiger partial charge on any atom is 0.163 e. The average Bonchev–Trinajstić information content (AvgIpc) is 2.97. The van der Waals surface area contributed by atoms with Gasteiger partial charge in [0.1, 0.15) is 11.3 Å². The molecule has 3 rings (SSSR count). The van der Waals surface area contributed by atoms with Gasteiger partial charge in [-0.05, 0) is 43.7 Å². The van der Waals surface area contributed by atoms with E-state index in [1.807, 2.05) is 6.92 Å². The molecule has 24 heavy (non-hydrogen) atoms. The fourth-order valence-electron chi connectivity index (χ4n) is 2.75. The number of hydrogen-bond acceptors (Lipinski definition) is 3. The third-order valence-electron chi connectivity index (χ3n) is 3.92. The molecule has 0 aliphatic heterocycles. The van der Waals surface area contributed by atoms with Crippen molar-refractivity contribution in [2.75, 3.05) is 7.11 Å². The highest BCUT2D eigenvalue weighted by Gasteiger charge is 2.19. The second-order valence-electron chi connectivity index (χ2n) is 5.44. The summed E-state index contributed by atoms with van der Waals surface area (Å²) in [6.45, 7) is 3.48. The minimum absolute atomic E-state index is 0.0818. The summed E-state index contributed by atoms with van der Waals surface area (Å²) < 4.78 is 22.1. The number of methoxy groups -OCH3 is 1. The van der Waals surface area contributed by atoms with E-state index >= 15 is 0 Å². The molecule has 0 aliphatic rings. The molecule has 0 unspecified atom stereocenters. The van der Waals surface area contributed by atoms with Crippen molar-refractivity contribution in [3.63, 3.8) is 0 Å². The molecule has 0 atom stereocenters. The molecule has 2 heterocycles. The van der Waals surface area contributed by atoms with E-state index < -0.39 is 0 Å². The first-order valence-corrected chi connectivity index (χ1v) is 8.31. The van der Waals surface area contributed by atoms with E-state index in [0.29, 0.717) is 39.0 Å². The summed E-state index contributed by atoms with van der Waals surface area (Å²) in [5.74, 6) is 0.00850. The fraction of sp³-hybridized carbons (Fsp3) is 0.222. The number of pyridine rings is 1. The largest absolute Gasteiger partial charge is 0.494 e. The molecule has 2 aromatic heterocycles. The van der Waals surface area contributed by atoms with Crippen molar-refractivity contribution in [3.8, 4) is 17.0 Å². The number of carbonyl (C=O) groups is 1. The minimum Gasteiger partial charge on any atom is -0.494 e. The maximum atomic E-state index is 14.3. The van der Waals surface area contributed by atoms with Gasteiger partial charge in [-0.1, -0.05) is 22.9 Å². The third kappa shape index (κ3) is 2.71. The van der Waals surface area contributed by atoms with E-state index in [4.69, 9.17) is 4.74 Å². The van der Waals surface area contributed by atoms with Crippen LogP contribution in [0.3, 0.4) is 0 Å². The summed E-state index contributed by atoms with van der Waals surface area (Å²) in [5, 5.41) is 4.52. The SMILES string of the molecule is CCc1cc(C(C)=O)c(OC)c2cc(-c3ccc(Br)cc3F)nn12. The molecule has 1 aromatic carbocycles. The predicted molar refractivity (Wildman–Crippen MR) is 94.2 cm³/mol. The van der Waals surface area contributed by atoms with Crippen LogP contribution in [0, 0.1) is 5.82 Å².